The lowest BCUT2D eigenvalue weighted by molar-refractivity contribution is -0.122. The molecule has 4 heteroatoms. The average Bonchev–Trinajstić information content (AvgIpc) is 2.85. The molecule has 2 aromatic rings. The molecule has 0 radical (unpaired) electrons. The van der Waals surface area contributed by atoms with E-state index in [1.165, 1.54) is 0 Å². The Labute approximate surface area is 156 Å². The molecular formula is C22H28N2O2. The van der Waals surface area contributed by atoms with E-state index < -0.39 is 0 Å². The second-order valence-electron chi connectivity index (χ2n) is 7.11. The van der Waals surface area contributed by atoms with Gasteiger partial charge in [0.25, 0.3) is 0 Å². The van der Waals surface area contributed by atoms with E-state index in [0.717, 1.165) is 36.4 Å². The zero-order valence-electron chi connectivity index (χ0n) is 15.7. The summed E-state index contributed by atoms with van der Waals surface area (Å²) < 4.78 is 6.30. The van der Waals surface area contributed by atoms with Crippen LogP contribution in [0.15, 0.2) is 54.6 Å². The number of carbonyl (C=O) groups is 1. The molecule has 0 saturated carbocycles. The molecule has 4 nitrogen and oxygen atoms in total. The van der Waals surface area contributed by atoms with Crippen LogP contribution in [0.1, 0.15) is 37.5 Å². The summed E-state index contributed by atoms with van der Waals surface area (Å²) >= 11 is 0. The van der Waals surface area contributed by atoms with Crippen molar-refractivity contribution in [3.8, 4) is 5.75 Å². The van der Waals surface area contributed by atoms with Gasteiger partial charge in [-0.25, -0.2) is 0 Å². The summed E-state index contributed by atoms with van der Waals surface area (Å²) in [5.74, 6) is 1.49. The maximum absolute atomic E-state index is 12.4. The summed E-state index contributed by atoms with van der Waals surface area (Å²) in [6.07, 6.45) is 0.989. The number of rotatable bonds is 6. The molecule has 0 spiro atoms. The number of hydrogen-bond acceptors (Lipinski definition) is 3. The third-order valence-electron chi connectivity index (χ3n) is 4.94. The predicted molar refractivity (Wildman–Crippen MR) is 104 cm³/mol. The van der Waals surface area contributed by atoms with Crippen molar-refractivity contribution in [2.45, 2.75) is 32.9 Å². The second kappa shape index (κ2) is 8.86. The van der Waals surface area contributed by atoms with Crippen LogP contribution >= 0.6 is 0 Å². The molecule has 1 amide bonds. The molecule has 0 unspecified atom stereocenters. The molecule has 0 fully saturated rings. The fraction of sp³-hybridized carbons (Fsp3) is 0.409. The SMILES string of the molecule is CC[C@H](C)CNC(=O)CN1Cc2ccccc2O[C@H](c2ccccc2)C1. The molecule has 0 saturated heterocycles. The van der Waals surface area contributed by atoms with Crippen LogP contribution in [0.25, 0.3) is 0 Å². The Morgan fingerprint density at radius 2 is 1.92 bits per heavy atom. The molecule has 138 valence electrons. The maximum Gasteiger partial charge on any atom is 0.234 e. The normalized spacial score (nSPS) is 18.3. The molecule has 3 rings (SSSR count). The Morgan fingerprint density at radius 3 is 2.69 bits per heavy atom. The fourth-order valence-corrected chi connectivity index (χ4v) is 3.13. The quantitative estimate of drug-likeness (QED) is 0.860. The number of nitrogens with zero attached hydrogens (tertiary/aromatic N) is 1. The standard InChI is InChI=1S/C22H28N2O2/c1-3-17(2)13-23-22(25)16-24-14-19-11-7-8-12-20(19)26-21(15-24)18-9-5-4-6-10-18/h4-12,17,21H,3,13-16H2,1-2H3,(H,23,25)/t17-,21-/m0/s1. The first-order chi connectivity index (χ1) is 12.7. The average molecular weight is 352 g/mol. The molecule has 2 atom stereocenters. The topological polar surface area (TPSA) is 41.6 Å². The van der Waals surface area contributed by atoms with E-state index in [4.69, 9.17) is 4.74 Å². The van der Waals surface area contributed by atoms with Gasteiger partial charge in [-0.05, 0) is 17.5 Å². The number of benzene rings is 2. The number of ether oxygens (including phenoxy) is 1. The Morgan fingerprint density at radius 1 is 1.19 bits per heavy atom. The number of carbonyl (C=O) groups excluding carboxylic acids is 1. The number of fused-ring (bicyclic) bond motifs is 1. The Balaban J connectivity index is 1.74. The lowest BCUT2D eigenvalue weighted by Crippen LogP contribution is -2.39. The second-order valence-corrected chi connectivity index (χ2v) is 7.11. The molecule has 1 N–H and O–H groups in total. The largest absolute Gasteiger partial charge is 0.484 e. The minimum atomic E-state index is -0.0813. The van der Waals surface area contributed by atoms with Crippen molar-refractivity contribution < 1.29 is 9.53 Å². The van der Waals surface area contributed by atoms with Gasteiger partial charge in [0.2, 0.25) is 5.91 Å². The first-order valence-corrected chi connectivity index (χ1v) is 9.44. The van der Waals surface area contributed by atoms with Crippen molar-refractivity contribution in [1.29, 1.82) is 0 Å². The maximum atomic E-state index is 12.4. The van der Waals surface area contributed by atoms with Crippen LogP contribution in [-0.2, 0) is 11.3 Å². The van der Waals surface area contributed by atoms with Crippen molar-refractivity contribution in [2.24, 2.45) is 5.92 Å². The van der Waals surface area contributed by atoms with Crippen LogP contribution in [0.5, 0.6) is 5.75 Å². The Bertz CT molecular complexity index is 717. The van der Waals surface area contributed by atoms with Gasteiger partial charge >= 0.3 is 0 Å². The molecule has 1 aliphatic heterocycles. The fourth-order valence-electron chi connectivity index (χ4n) is 3.13. The van der Waals surface area contributed by atoms with E-state index >= 15 is 0 Å². The summed E-state index contributed by atoms with van der Waals surface area (Å²) in [6, 6.07) is 18.3. The number of nitrogens with one attached hydrogen (secondary N) is 1. The van der Waals surface area contributed by atoms with Crippen molar-refractivity contribution in [2.75, 3.05) is 19.6 Å². The molecule has 0 aromatic heterocycles. The van der Waals surface area contributed by atoms with Gasteiger partial charge in [0.1, 0.15) is 11.9 Å². The highest BCUT2D eigenvalue weighted by molar-refractivity contribution is 5.78. The highest BCUT2D eigenvalue weighted by atomic mass is 16.5. The van der Waals surface area contributed by atoms with Gasteiger partial charge in [0, 0.05) is 25.2 Å². The van der Waals surface area contributed by atoms with E-state index in [1.54, 1.807) is 0 Å². The molecule has 0 aliphatic carbocycles. The third-order valence-corrected chi connectivity index (χ3v) is 4.94. The van der Waals surface area contributed by atoms with Gasteiger partial charge in [-0.3, -0.25) is 9.69 Å². The van der Waals surface area contributed by atoms with E-state index in [9.17, 15) is 4.79 Å². The summed E-state index contributed by atoms with van der Waals surface area (Å²) in [6.45, 7) is 6.83. The molecule has 26 heavy (non-hydrogen) atoms. The van der Waals surface area contributed by atoms with Gasteiger partial charge in [0.05, 0.1) is 6.54 Å². The van der Waals surface area contributed by atoms with Crippen LogP contribution in [0, 0.1) is 5.92 Å². The van der Waals surface area contributed by atoms with Crippen molar-refractivity contribution >= 4 is 5.91 Å². The van der Waals surface area contributed by atoms with E-state index in [2.05, 4.69) is 42.3 Å². The van der Waals surface area contributed by atoms with Crippen molar-refractivity contribution in [3.05, 3.63) is 65.7 Å². The molecule has 2 aromatic carbocycles. The summed E-state index contributed by atoms with van der Waals surface area (Å²) in [7, 11) is 0. The predicted octanol–water partition coefficient (Wildman–Crippen LogP) is 3.78. The minimum absolute atomic E-state index is 0.0801. The molecule has 0 bridgehead atoms. The first kappa shape index (κ1) is 18.5. The van der Waals surface area contributed by atoms with Crippen LogP contribution in [-0.4, -0.2) is 30.4 Å². The number of para-hydroxylation sites is 1. The van der Waals surface area contributed by atoms with Gasteiger partial charge in [-0.15, -0.1) is 0 Å². The third kappa shape index (κ3) is 4.85. The highest BCUT2D eigenvalue weighted by Crippen LogP contribution is 2.30. The van der Waals surface area contributed by atoms with E-state index in [0.29, 0.717) is 19.0 Å². The smallest absolute Gasteiger partial charge is 0.234 e. The van der Waals surface area contributed by atoms with Gasteiger partial charge in [-0.1, -0.05) is 68.8 Å². The molecule has 1 heterocycles. The molecular weight excluding hydrogens is 324 g/mol. The number of amides is 1. The van der Waals surface area contributed by atoms with Crippen molar-refractivity contribution in [1.82, 2.24) is 10.2 Å². The summed E-state index contributed by atoms with van der Waals surface area (Å²) in [5, 5.41) is 3.06. The zero-order valence-corrected chi connectivity index (χ0v) is 15.7. The highest BCUT2D eigenvalue weighted by Gasteiger charge is 2.25. The van der Waals surface area contributed by atoms with Gasteiger partial charge in [-0.2, -0.15) is 0 Å². The van der Waals surface area contributed by atoms with E-state index in [1.807, 2.05) is 36.4 Å². The lowest BCUT2D eigenvalue weighted by Gasteiger charge is -2.24. The number of hydrogen-bond donors (Lipinski definition) is 1. The van der Waals surface area contributed by atoms with Crippen LogP contribution in [0.3, 0.4) is 0 Å². The van der Waals surface area contributed by atoms with Crippen LogP contribution < -0.4 is 10.1 Å². The van der Waals surface area contributed by atoms with Gasteiger partial charge < -0.3 is 10.1 Å². The summed E-state index contributed by atoms with van der Waals surface area (Å²) in [4.78, 5) is 14.6. The van der Waals surface area contributed by atoms with Crippen LogP contribution in [0.2, 0.25) is 0 Å². The summed E-state index contributed by atoms with van der Waals surface area (Å²) in [5.41, 5.74) is 2.26. The monoisotopic (exact) mass is 352 g/mol. The van der Waals surface area contributed by atoms with Gasteiger partial charge in [0.15, 0.2) is 0 Å². The minimum Gasteiger partial charge on any atom is -0.484 e. The molecule has 1 aliphatic rings. The Kier molecular flexibility index (Phi) is 6.29. The van der Waals surface area contributed by atoms with E-state index in [-0.39, 0.29) is 12.0 Å². The first-order valence-electron chi connectivity index (χ1n) is 9.44. The Hall–Kier alpha value is -2.33. The lowest BCUT2D eigenvalue weighted by atomic mass is 10.1. The zero-order chi connectivity index (χ0) is 18.4. The van der Waals surface area contributed by atoms with Crippen LogP contribution in [0.4, 0.5) is 0 Å². The van der Waals surface area contributed by atoms with Crippen molar-refractivity contribution in [3.63, 3.8) is 0 Å².